The number of benzene rings is 1. The molecule has 1 aliphatic carbocycles. The van der Waals surface area contributed by atoms with Gasteiger partial charge in [0.15, 0.2) is 0 Å². The molecule has 1 aliphatic rings. The zero-order valence-corrected chi connectivity index (χ0v) is 14.0. The lowest BCUT2D eigenvalue weighted by atomic mass is 10.1. The summed E-state index contributed by atoms with van der Waals surface area (Å²) in [7, 11) is 0. The molecule has 3 rings (SSSR count). The monoisotopic (exact) mass is 346 g/mol. The Kier molecular flexibility index (Phi) is 3.98. The van der Waals surface area contributed by atoms with Crippen molar-refractivity contribution in [3.05, 3.63) is 34.4 Å². The van der Waals surface area contributed by atoms with Gasteiger partial charge in [0.2, 0.25) is 5.91 Å². The third kappa shape index (κ3) is 2.69. The summed E-state index contributed by atoms with van der Waals surface area (Å²) < 4.78 is 1.01. The highest BCUT2D eigenvalue weighted by Gasteiger charge is 2.28. The number of nitrogens with zero attached hydrogens (tertiary/aromatic N) is 2. The lowest BCUT2D eigenvalue weighted by Gasteiger charge is -2.30. The first kappa shape index (κ1) is 14.5. The standard InChI is InChI=1S/C17H19BrN2O/c1-11-10-19-16-8-7-13(18)9-15(16)17(11)20(12(2)21)14-5-3-4-6-14/h7-10,14H,3-6H2,1-2H3. The second kappa shape index (κ2) is 5.76. The Balaban J connectivity index is 2.22. The predicted molar refractivity (Wildman–Crippen MR) is 89.6 cm³/mol. The summed E-state index contributed by atoms with van der Waals surface area (Å²) in [6, 6.07) is 6.37. The van der Waals surface area contributed by atoms with Gasteiger partial charge in [0.1, 0.15) is 0 Å². The van der Waals surface area contributed by atoms with E-state index < -0.39 is 0 Å². The Morgan fingerprint density at radius 1 is 1.33 bits per heavy atom. The first-order valence-electron chi connectivity index (χ1n) is 7.42. The van der Waals surface area contributed by atoms with Crippen molar-refractivity contribution in [1.82, 2.24) is 4.98 Å². The molecule has 1 aromatic carbocycles. The third-order valence-corrected chi connectivity index (χ3v) is 4.75. The molecule has 1 amide bonds. The molecule has 1 heterocycles. The summed E-state index contributed by atoms with van der Waals surface area (Å²) >= 11 is 3.53. The van der Waals surface area contributed by atoms with Gasteiger partial charge in [-0.15, -0.1) is 0 Å². The van der Waals surface area contributed by atoms with Crippen LogP contribution in [0.25, 0.3) is 10.9 Å². The maximum atomic E-state index is 12.3. The van der Waals surface area contributed by atoms with Gasteiger partial charge >= 0.3 is 0 Å². The van der Waals surface area contributed by atoms with Crippen molar-refractivity contribution in [3.63, 3.8) is 0 Å². The molecule has 0 radical (unpaired) electrons. The quantitative estimate of drug-likeness (QED) is 0.795. The number of pyridine rings is 1. The Labute approximate surface area is 133 Å². The van der Waals surface area contributed by atoms with Crippen LogP contribution in [0.15, 0.2) is 28.9 Å². The average molecular weight is 347 g/mol. The molecule has 21 heavy (non-hydrogen) atoms. The minimum absolute atomic E-state index is 0.123. The molecule has 0 atom stereocenters. The van der Waals surface area contributed by atoms with E-state index in [4.69, 9.17) is 0 Å². The van der Waals surface area contributed by atoms with Crippen molar-refractivity contribution in [2.45, 2.75) is 45.6 Å². The summed E-state index contributed by atoms with van der Waals surface area (Å²) in [6.07, 6.45) is 6.48. The van der Waals surface area contributed by atoms with Crippen LogP contribution in [0.4, 0.5) is 5.69 Å². The van der Waals surface area contributed by atoms with Crippen molar-refractivity contribution >= 4 is 38.4 Å². The lowest BCUT2D eigenvalue weighted by molar-refractivity contribution is -0.117. The van der Waals surface area contributed by atoms with Gasteiger partial charge in [-0.25, -0.2) is 0 Å². The van der Waals surface area contributed by atoms with Crippen molar-refractivity contribution in [2.75, 3.05) is 4.90 Å². The van der Waals surface area contributed by atoms with E-state index in [9.17, 15) is 4.79 Å². The van der Waals surface area contributed by atoms with Crippen LogP contribution in [0.1, 0.15) is 38.2 Å². The van der Waals surface area contributed by atoms with Crippen LogP contribution in [-0.2, 0) is 4.79 Å². The SMILES string of the molecule is CC(=O)N(c1c(C)cnc2ccc(Br)cc12)C1CCCC1. The molecule has 0 saturated heterocycles. The van der Waals surface area contributed by atoms with Gasteiger partial charge in [-0.3, -0.25) is 9.78 Å². The molecule has 2 aromatic rings. The Hall–Kier alpha value is -1.42. The molecule has 0 aliphatic heterocycles. The predicted octanol–water partition coefficient (Wildman–Crippen LogP) is 4.60. The summed E-state index contributed by atoms with van der Waals surface area (Å²) in [5.41, 5.74) is 3.02. The largest absolute Gasteiger partial charge is 0.309 e. The minimum Gasteiger partial charge on any atom is -0.309 e. The molecule has 0 spiro atoms. The number of hydrogen-bond donors (Lipinski definition) is 0. The Bertz CT molecular complexity index is 687. The summed E-state index contributed by atoms with van der Waals surface area (Å²) in [5, 5.41) is 1.05. The van der Waals surface area contributed by atoms with E-state index >= 15 is 0 Å². The van der Waals surface area contributed by atoms with Gasteiger partial charge in [0, 0.05) is 29.0 Å². The molecular formula is C17H19BrN2O. The second-order valence-electron chi connectivity index (χ2n) is 5.78. The molecule has 0 unspecified atom stereocenters. The first-order chi connectivity index (χ1) is 10.1. The fraction of sp³-hybridized carbons (Fsp3) is 0.412. The van der Waals surface area contributed by atoms with Gasteiger partial charge in [0.25, 0.3) is 0 Å². The lowest BCUT2D eigenvalue weighted by Crippen LogP contribution is -2.38. The van der Waals surface area contributed by atoms with Crippen LogP contribution in [0.3, 0.4) is 0 Å². The van der Waals surface area contributed by atoms with E-state index in [2.05, 4.69) is 27.0 Å². The number of carbonyl (C=O) groups is 1. The Morgan fingerprint density at radius 2 is 2.05 bits per heavy atom. The number of fused-ring (bicyclic) bond motifs is 1. The van der Waals surface area contributed by atoms with Crippen LogP contribution in [0.5, 0.6) is 0 Å². The number of carbonyl (C=O) groups excluding carboxylic acids is 1. The maximum Gasteiger partial charge on any atom is 0.224 e. The molecule has 4 heteroatoms. The van der Waals surface area contributed by atoms with Crippen LogP contribution in [0.2, 0.25) is 0 Å². The molecule has 0 N–H and O–H groups in total. The van der Waals surface area contributed by atoms with Crippen molar-refractivity contribution in [1.29, 1.82) is 0 Å². The highest BCUT2D eigenvalue weighted by Crippen LogP contribution is 2.36. The number of halogens is 1. The maximum absolute atomic E-state index is 12.3. The topological polar surface area (TPSA) is 33.2 Å². The minimum atomic E-state index is 0.123. The van der Waals surface area contributed by atoms with Gasteiger partial charge in [-0.2, -0.15) is 0 Å². The molecule has 110 valence electrons. The van der Waals surface area contributed by atoms with Crippen LogP contribution in [0, 0.1) is 6.92 Å². The molecule has 0 bridgehead atoms. The number of amides is 1. The fourth-order valence-corrected chi connectivity index (χ4v) is 3.69. The normalized spacial score (nSPS) is 15.6. The fourth-order valence-electron chi connectivity index (χ4n) is 3.33. The van der Waals surface area contributed by atoms with E-state index in [1.807, 2.05) is 30.2 Å². The van der Waals surface area contributed by atoms with Gasteiger partial charge in [0.05, 0.1) is 11.2 Å². The first-order valence-corrected chi connectivity index (χ1v) is 8.22. The van der Waals surface area contributed by atoms with E-state index in [-0.39, 0.29) is 5.91 Å². The van der Waals surface area contributed by atoms with Crippen molar-refractivity contribution < 1.29 is 4.79 Å². The number of rotatable bonds is 2. The zero-order chi connectivity index (χ0) is 15.0. The van der Waals surface area contributed by atoms with Gasteiger partial charge < -0.3 is 4.90 Å². The molecular weight excluding hydrogens is 328 g/mol. The summed E-state index contributed by atoms with van der Waals surface area (Å²) in [4.78, 5) is 18.8. The zero-order valence-electron chi connectivity index (χ0n) is 12.4. The van der Waals surface area contributed by atoms with E-state index in [1.165, 1.54) is 12.8 Å². The molecule has 1 saturated carbocycles. The summed E-state index contributed by atoms with van der Waals surface area (Å²) in [5.74, 6) is 0.123. The van der Waals surface area contributed by atoms with Gasteiger partial charge in [-0.1, -0.05) is 28.8 Å². The number of aryl methyl sites for hydroxylation is 1. The molecule has 1 aromatic heterocycles. The van der Waals surface area contributed by atoms with E-state index in [0.717, 1.165) is 39.5 Å². The van der Waals surface area contributed by atoms with Crippen LogP contribution < -0.4 is 4.90 Å². The number of aromatic nitrogens is 1. The van der Waals surface area contributed by atoms with E-state index in [1.54, 1.807) is 6.92 Å². The second-order valence-corrected chi connectivity index (χ2v) is 6.69. The Morgan fingerprint density at radius 3 is 2.71 bits per heavy atom. The van der Waals surface area contributed by atoms with Crippen molar-refractivity contribution in [2.24, 2.45) is 0 Å². The third-order valence-electron chi connectivity index (χ3n) is 4.25. The smallest absolute Gasteiger partial charge is 0.224 e. The number of hydrogen-bond acceptors (Lipinski definition) is 2. The average Bonchev–Trinajstić information content (AvgIpc) is 2.95. The van der Waals surface area contributed by atoms with Crippen LogP contribution in [-0.4, -0.2) is 16.9 Å². The van der Waals surface area contributed by atoms with E-state index in [0.29, 0.717) is 6.04 Å². The number of anilines is 1. The molecule has 3 nitrogen and oxygen atoms in total. The summed E-state index contributed by atoms with van der Waals surface area (Å²) in [6.45, 7) is 3.70. The van der Waals surface area contributed by atoms with Crippen molar-refractivity contribution in [3.8, 4) is 0 Å². The highest BCUT2D eigenvalue weighted by atomic mass is 79.9. The van der Waals surface area contributed by atoms with Crippen LogP contribution >= 0.6 is 15.9 Å². The molecule has 1 fully saturated rings. The highest BCUT2D eigenvalue weighted by molar-refractivity contribution is 9.10. The van der Waals surface area contributed by atoms with Gasteiger partial charge in [-0.05, 0) is 43.5 Å².